The number of rotatable bonds is 14. The van der Waals surface area contributed by atoms with Crippen molar-refractivity contribution >= 4 is 24.7 Å². The van der Waals surface area contributed by atoms with E-state index in [1.807, 2.05) is 12.2 Å². The topological polar surface area (TPSA) is 55.8 Å². The molecule has 2 atom stereocenters. The van der Waals surface area contributed by atoms with E-state index in [0.717, 1.165) is 12.8 Å². The van der Waals surface area contributed by atoms with E-state index in [1.54, 1.807) is 6.08 Å². The number of carbonyl (C=O) groups is 1. The lowest BCUT2D eigenvalue weighted by molar-refractivity contribution is -0.140. The van der Waals surface area contributed by atoms with Crippen LogP contribution in [-0.4, -0.2) is 38.7 Å². The molecule has 1 N–H and O–H groups in total. The summed E-state index contributed by atoms with van der Waals surface area (Å²) >= 11 is 0. The highest BCUT2D eigenvalue weighted by Crippen LogP contribution is 2.38. The summed E-state index contributed by atoms with van der Waals surface area (Å²) in [6, 6.07) is 21.3. The lowest BCUT2D eigenvalue weighted by atomic mass is 10.1. The van der Waals surface area contributed by atoms with Crippen LogP contribution >= 0.6 is 0 Å². The van der Waals surface area contributed by atoms with Crippen molar-refractivity contribution in [3.05, 3.63) is 85.0 Å². The second kappa shape index (κ2) is 19.0. The van der Waals surface area contributed by atoms with Crippen LogP contribution in [0.2, 0.25) is 5.04 Å². The molecule has 0 heterocycles. The molecule has 224 valence electrons. The zero-order valence-electron chi connectivity index (χ0n) is 26.1. The molecule has 4 nitrogen and oxygen atoms in total. The fourth-order valence-corrected chi connectivity index (χ4v) is 9.47. The van der Waals surface area contributed by atoms with Gasteiger partial charge in [0.2, 0.25) is 0 Å². The summed E-state index contributed by atoms with van der Waals surface area (Å²) in [5, 5.41) is 12.4. The number of aliphatic hydroxyl groups excluding tert-OH is 1. The SMILES string of the molecule is CCCCCC#CCC(/C=C/C=C/C#CC(O)CCCC(=O)OC)O[Si](c1ccccc1)(c1ccccc1)C(C)(C)C. The number of ether oxygens (including phenoxy) is 1. The van der Waals surface area contributed by atoms with Gasteiger partial charge < -0.3 is 14.3 Å². The van der Waals surface area contributed by atoms with Crippen molar-refractivity contribution in [1.82, 2.24) is 0 Å². The molecule has 0 amide bonds. The van der Waals surface area contributed by atoms with E-state index < -0.39 is 14.4 Å². The van der Waals surface area contributed by atoms with Gasteiger partial charge in [-0.2, -0.15) is 0 Å². The molecular weight excluding hydrogens is 536 g/mol. The van der Waals surface area contributed by atoms with Crippen LogP contribution < -0.4 is 10.4 Å². The Bertz CT molecular complexity index is 1200. The standard InChI is InChI=1S/C37H48O4Si/c1-6-7-8-9-10-16-25-33(26-17-12-11-15-23-32(38)24-22-31-36(39)40-5)41-42(37(2,3)4,34-27-18-13-19-28-34)35-29-20-14-21-30-35/h11-14,17-21,26-30,32-33,38H,6-9,22,24-25,31H2,1-5H3/b12-11+,26-17+. The summed E-state index contributed by atoms with van der Waals surface area (Å²) in [7, 11) is -1.38. The Morgan fingerprint density at radius 1 is 0.952 bits per heavy atom. The summed E-state index contributed by atoms with van der Waals surface area (Å²) in [5.41, 5.74) is 0. The number of carbonyl (C=O) groups excluding carboxylic acids is 1. The second-order valence-corrected chi connectivity index (χ2v) is 15.6. The van der Waals surface area contributed by atoms with Crippen molar-refractivity contribution in [2.45, 2.75) is 96.3 Å². The lowest BCUT2D eigenvalue weighted by Gasteiger charge is -2.44. The highest BCUT2D eigenvalue weighted by Gasteiger charge is 2.51. The number of methoxy groups -OCH3 is 1. The summed E-state index contributed by atoms with van der Waals surface area (Å²) < 4.78 is 12.0. The molecule has 0 spiro atoms. The van der Waals surface area contributed by atoms with Gasteiger partial charge in [-0.15, -0.1) is 11.8 Å². The van der Waals surface area contributed by atoms with E-state index in [0.29, 0.717) is 19.3 Å². The molecule has 0 radical (unpaired) electrons. The predicted molar refractivity (Wildman–Crippen MR) is 177 cm³/mol. The molecule has 0 aromatic heterocycles. The minimum absolute atomic E-state index is 0.137. The van der Waals surface area contributed by atoms with Gasteiger partial charge in [0, 0.05) is 19.3 Å². The Kier molecular flexibility index (Phi) is 15.7. The third-order valence-corrected chi connectivity index (χ3v) is 12.1. The highest BCUT2D eigenvalue weighted by molar-refractivity contribution is 6.99. The minimum Gasteiger partial charge on any atom is -0.469 e. The maximum atomic E-state index is 11.2. The molecule has 0 fully saturated rings. The molecule has 0 aliphatic rings. The first kappa shape index (κ1) is 34.8. The number of aliphatic hydroxyl groups is 1. The molecule has 0 saturated heterocycles. The van der Waals surface area contributed by atoms with Gasteiger partial charge in [0.1, 0.15) is 6.10 Å². The third kappa shape index (κ3) is 11.5. The number of hydrogen-bond acceptors (Lipinski definition) is 4. The van der Waals surface area contributed by atoms with Gasteiger partial charge >= 0.3 is 5.97 Å². The van der Waals surface area contributed by atoms with Crippen LogP contribution in [0.1, 0.15) is 79.1 Å². The second-order valence-electron chi connectivity index (χ2n) is 11.4. The summed E-state index contributed by atoms with van der Waals surface area (Å²) in [6.45, 7) is 9.04. The Morgan fingerprint density at radius 2 is 1.60 bits per heavy atom. The molecule has 2 aromatic rings. The number of hydrogen-bond donors (Lipinski definition) is 1. The normalized spacial score (nSPS) is 13.2. The fraction of sp³-hybridized carbons (Fsp3) is 0.432. The van der Waals surface area contributed by atoms with E-state index in [9.17, 15) is 9.90 Å². The van der Waals surface area contributed by atoms with Crippen molar-refractivity contribution in [1.29, 1.82) is 0 Å². The van der Waals surface area contributed by atoms with Crippen molar-refractivity contribution < 1.29 is 19.1 Å². The first-order valence-corrected chi connectivity index (χ1v) is 17.0. The Hall–Kier alpha value is -3.35. The van der Waals surface area contributed by atoms with Crippen LogP contribution in [0.4, 0.5) is 0 Å². The van der Waals surface area contributed by atoms with Gasteiger partial charge in [0.25, 0.3) is 8.32 Å². The molecular formula is C37H48O4Si. The quantitative estimate of drug-likeness (QED) is 0.0880. The molecule has 2 unspecified atom stereocenters. The summed E-state index contributed by atoms with van der Waals surface area (Å²) in [6.07, 6.45) is 12.9. The van der Waals surface area contributed by atoms with Gasteiger partial charge in [-0.3, -0.25) is 4.79 Å². The van der Waals surface area contributed by atoms with Crippen molar-refractivity contribution in [2.24, 2.45) is 0 Å². The average molecular weight is 585 g/mol. The van der Waals surface area contributed by atoms with E-state index in [1.165, 1.54) is 30.3 Å². The van der Waals surface area contributed by atoms with E-state index >= 15 is 0 Å². The fourth-order valence-electron chi connectivity index (χ4n) is 4.84. The van der Waals surface area contributed by atoms with Crippen molar-refractivity contribution in [3.63, 3.8) is 0 Å². The maximum Gasteiger partial charge on any atom is 0.305 e. The van der Waals surface area contributed by atoms with Crippen LogP contribution in [-0.2, 0) is 14.0 Å². The largest absolute Gasteiger partial charge is 0.469 e. The van der Waals surface area contributed by atoms with Gasteiger partial charge in [-0.05, 0) is 40.8 Å². The minimum atomic E-state index is -2.74. The van der Waals surface area contributed by atoms with Crippen LogP contribution in [0.15, 0.2) is 85.0 Å². The van der Waals surface area contributed by atoms with Gasteiger partial charge in [-0.1, -0.05) is 131 Å². The first-order chi connectivity index (χ1) is 20.2. The first-order valence-electron chi connectivity index (χ1n) is 15.1. The predicted octanol–water partition coefficient (Wildman–Crippen LogP) is 6.73. The number of benzene rings is 2. The molecule has 42 heavy (non-hydrogen) atoms. The Labute approximate surface area is 255 Å². The zero-order chi connectivity index (χ0) is 30.7. The third-order valence-electron chi connectivity index (χ3n) is 7.03. The van der Waals surface area contributed by atoms with Crippen LogP contribution in [0.5, 0.6) is 0 Å². The van der Waals surface area contributed by atoms with Crippen molar-refractivity contribution in [2.75, 3.05) is 7.11 Å². The maximum absolute atomic E-state index is 11.2. The van der Waals surface area contributed by atoms with Gasteiger partial charge in [0.15, 0.2) is 0 Å². The Balaban J connectivity index is 2.32. The number of allylic oxidation sites excluding steroid dienone is 3. The Morgan fingerprint density at radius 3 is 2.17 bits per heavy atom. The molecule has 0 saturated carbocycles. The van der Waals surface area contributed by atoms with E-state index in [4.69, 9.17) is 4.43 Å². The molecule has 0 aliphatic carbocycles. The highest BCUT2D eigenvalue weighted by atomic mass is 28.4. The van der Waals surface area contributed by atoms with Crippen LogP contribution in [0.3, 0.4) is 0 Å². The smallest absolute Gasteiger partial charge is 0.305 e. The summed E-state index contributed by atoms with van der Waals surface area (Å²) in [5.74, 6) is 12.2. The van der Waals surface area contributed by atoms with Crippen LogP contribution in [0, 0.1) is 23.7 Å². The van der Waals surface area contributed by atoms with E-state index in [-0.39, 0.29) is 23.5 Å². The molecule has 5 heteroatoms. The number of esters is 1. The van der Waals surface area contributed by atoms with Crippen LogP contribution in [0.25, 0.3) is 0 Å². The van der Waals surface area contributed by atoms with E-state index in [2.05, 4.69) is 123 Å². The lowest BCUT2D eigenvalue weighted by Crippen LogP contribution is -2.67. The molecule has 2 rings (SSSR count). The average Bonchev–Trinajstić information content (AvgIpc) is 2.99. The molecule has 2 aromatic carbocycles. The molecule has 0 aliphatic heterocycles. The van der Waals surface area contributed by atoms with Crippen molar-refractivity contribution in [3.8, 4) is 23.7 Å². The summed E-state index contributed by atoms with van der Waals surface area (Å²) in [4.78, 5) is 11.2. The number of unbranched alkanes of at least 4 members (excludes halogenated alkanes) is 3. The monoisotopic (exact) mass is 584 g/mol. The van der Waals surface area contributed by atoms with Gasteiger partial charge in [-0.25, -0.2) is 0 Å². The van der Waals surface area contributed by atoms with Gasteiger partial charge in [0.05, 0.1) is 13.2 Å². The zero-order valence-corrected chi connectivity index (χ0v) is 27.1. The molecule has 0 bridgehead atoms.